The number of hydrogen-bond donors (Lipinski definition) is 0. The quantitative estimate of drug-likeness (QED) is 0.495. The van der Waals surface area contributed by atoms with Crippen molar-refractivity contribution in [3.05, 3.63) is 59.0 Å². The minimum atomic E-state index is -0.467. The van der Waals surface area contributed by atoms with Gasteiger partial charge in [-0.2, -0.15) is 0 Å². The van der Waals surface area contributed by atoms with Crippen LogP contribution in [0.1, 0.15) is 46.0 Å². The fourth-order valence-corrected chi connectivity index (χ4v) is 3.53. The SMILES string of the molecule is CCn1c(C)cc(C(=O)COC(=O)c2cn(CC)c3ccccc23)c1C. The molecular weight excluding hydrogens is 328 g/mol. The first-order chi connectivity index (χ1) is 12.5. The van der Waals surface area contributed by atoms with Gasteiger partial charge in [-0.05, 0) is 39.8 Å². The zero-order valence-electron chi connectivity index (χ0n) is 15.7. The number of Topliss-reactive ketones (excluding diaryl/α,β-unsaturated/α-hetero) is 1. The van der Waals surface area contributed by atoms with Crippen LogP contribution in [0.4, 0.5) is 0 Å². The molecular formula is C21H24N2O3. The van der Waals surface area contributed by atoms with Crippen LogP contribution in [0.25, 0.3) is 10.9 Å². The Balaban J connectivity index is 1.78. The topological polar surface area (TPSA) is 53.2 Å². The highest BCUT2D eigenvalue weighted by Gasteiger charge is 2.19. The van der Waals surface area contributed by atoms with E-state index in [0.29, 0.717) is 11.1 Å². The Morgan fingerprint density at radius 3 is 2.42 bits per heavy atom. The van der Waals surface area contributed by atoms with E-state index in [1.165, 1.54) is 0 Å². The van der Waals surface area contributed by atoms with Crippen LogP contribution < -0.4 is 0 Å². The maximum Gasteiger partial charge on any atom is 0.340 e. The second-order valence-electron chi connectivity index (χ2n) is 6.37. The minimum Gasteiger partial charge on any atom is -0.454 e. The number of aryl methyl sites for hydroxylation is 2. The summed E-state index contributed by atoms with van der Waals surface area (Å²) in [5.74, 6) is -0.642. The lowest BCUT2D eigenvalue weighted by molar-refractivity contribution is 0.0476. The summed E-state index contributed by atoms with van der Waals surface area (Å²) >= 11 is 0. The Labute approximate surface area is 153 Å². The van der Waals surface area contributed by atoms with Crippen molar-refractivity contribution in [2.45, 2.75) is 40.8 Å². The molecule has 0 spiro atoms. The summed E-state index contributed by atoms with van der Waals surface area (Å²) in [6.45, 7) is 9.27. The standard InChI is InChI=1S/C21H24N2O3/c1-5-22-12-18(16-9-7-8-10-19(16)22)21(25)26-13-20(24)17-11-14(3)23(6-2)15(17)4/h7-12H,5-6,13H2,1-4H3. The van der Waals surface area contributed by atoms with E-state index in [4.69, 9.17) is 4.74 Å². The summed E-state index contributed by atoms with van der Waals surface area (Å²) in [6.07, 6.45) is 1.79. The Morgan fingerprint density at radius 2 is 1.77 bits per heavy atom. The third-order valence-electron chi connectivity index (χ3n) is 4.87. The predicted octanol–water partition coefficient (Wildman–Crippen LogP) is 4.14. The van der Waals surface area contributed by atoms with Gasteiger partial charge < -0.3 is 13.9 Å². The lowest BCUT2D eigenvalue weighted by Gasteiger charge is -2.06. The normalized spacial score (nSPS) is 11.1. The van der Waals surface area contributed by atoms with Crippen LogP contribution >= 0.6 is 0 Å². The third kappa shape index (κ3) is 3.05. The molecule has 0 radical (unpaired) electrons. The van der Waals surface area contributed by atoms with Crippen LogP contribution in [0.5, 0.6) is 0 Å². The third-order valence-corrected chi connectivity index (χ3v) is 4.87. The van der Waals surface area contributed by atoms with Gasteiger partial charge in [0.25, 0.3) is 0 Å². The molecule has 0 aliphatic rings. The number of ether oxygens (including phenoxy) is 1. The number of fused-ring (bicyclic) bond motifs is 1. The lowest BCUT2D eigenvalue weighted by atomic mass is 10.1. The molecule has 5 nitrogen and oxygen atoms in total. The molecule has 136 valence electrons. The van der Waals surface area contributed by atoms with E-state index in [9.17, 15) is 9.59 Å². The van der Waals surface area contributed by atoms with Gasteiger partial charge in [0.2, 0.25) is 5.78 Å². The van der Waals surface area contributed by atoms with Crippen LogP contribution in [0, 0.1) is 13.8 Å². The number of carbonyl (C=O) groups excluding carboxylic acids is 2. The first kappa shape index (κ1) is 18.0. The zero-order chi connectivity index (χ0) is 18.8. The second kappa shape index (κ2) is 7.20. The number of nitrogens with zero attached hydrogens (tertiary/aromatic N) is 2. The fraction of sp³-hybridized carbons (Fsp3) is 0.333. The van der Waals surface area contributed by atoms with Gasteiger partial charge in [0.05, 0.1) is 5.56 Å². The van der Waals surface area contributed by atoms with Crippen molar-refractivity contribution in [3.63, 3.8) is 0 Å². The largest absolute Gasteiger partial charge is 0.454 e. The number of esters is 1. The highest BCUT2D eigenvalue weighted by molar-refractivity contribution is 6.06. The molecule has 0 fully saturated rings. The molecule has 3 rings (SSSR count). The summed E-state index contributed by atoms with van der Waals surface area (Å²) in [4.78, 5) is 25.1. The molecule has 0 bridgehead atoms. The smallest absolute Gasteiger partial charge is 0.340 e. The van der Waals surface area contributed by atoms with Crippen molar-refractivity contribution >= 4 is 22.7 Å². The van der Waals surface area contributed by atoms with Crippen molar-refractivity contribution in [2.24, 2.45) is 0 Å². The first-order valence-corrected chi connectivity index (χ1v) is 8.92. The predicted molar refractivity (Wildman–Crippen MR) is 102 cm³/mol. The summed E-state index contributed by atoms with van der Waals surface area (Å²) in [7, 11) is 0. The van der Waals surface area contributed by atoms with Crippen molar-refractivity contribution in [2.75, 3.05) is 6.61 Å². The summed E-state index contributed by atoms with van der Waals surface area (Å²) in [5, 5.41) is 0.843. The fourth-order valence-electron chi connectivity index (χ4n) is 3.53. The van der Waals surface area contributed by atoms with Crippen molar-refractivity contribution < 1.29 is 14.3 Å². The van der Waals surface area contributed by atoms with E-state index in [1.54, 1.807) is 6.20 Å². The van der Waals surface area contributed by atoms with Crippen LogP contribution in [0.2, 0.25) is 0 Å². The van der Waals surface area contributed by atoms with E-state index in [-0.39, 0.29) is 12.4 Å². The average Bonchev–Trinajstić information content (AvgIpc) is 3.16. The molecule has 0 N–H and O–H groups in total. The number of ketones is 1. The maximum absolute atomic E-state index is 12.5. The molecule has 0 amide bonds. The summed E-state index contributed by atoms with van der Waals surface area (Å²) in [6, 6.07) is 9.56. The number of rotatable bonds is 6. The molecule has 0 atom stereocenters. The maximum atomic E-state index is 12.5. The van der Waals surface area contributed by atoms with E-state index < -0.39 is 5.97 Å². The van der Waals surface area contributed by atoms with Gasteiger partial charge in [0, 0.05) is 47.1 Å². The molecule has 0 saturated heterocycles. The van der Waals surface area contributed by atoms with E-state index in [0.717, 1.165) is 35.4 Å². The highest BCUT2D eigenvalue weighted by Crippen LogP contribution is 2.22. The van der Waals surface area contributed by atoms with Gasteiger partial charge in [0.15, 0.2) is 6.61 Å². The highest BCUT2D eigenvalue weighted by atomic mass is 16.5. The van der Waals surface area contributed by atoms with Crippen molar-refractivity contribution in [1.29, 1.82) is 0 Å². The average molecular weight is 352 g/mol. The van der Waals surface area contributed by atoms with Crippen LogP contribution in [-0.2, 0) is 17.8 Å². The van der Waals surface area contributed by atoms with E-state index >= 15 is 0 Å². The molecule has 2 heterocycles. The summed E-state index contributed by atoms with van der Waals surface area (Å²) in [5.41, 5.74) is 4.04. The monoisotopic (exact) mass is 352 g/mol. The molecule has 26 heavy (non-hydrogen) atoms. The molecule has 0 saturated carbocycles. The van der Waals surface area contributed by atoms with Gasteiger partial charge in [-0.15, -0.1) is 0 Å². The molecule has 0 unspecified atom stereocenters. The van der Waals surface area contributed by atoms with Gasteiger partial charge in [0.1, 0.15) is 0 Å². The molecule has 2 aromatic heterocycles. The van der Waals surface area contributed by atoms with Crippen LogP contribution in [0.3, 0.4) is 0 Å². The molecule has 5 heteroatoms. The number of para-hydroxylation sites is 1. The van der Waals surface area contributed by atoms with Crippen LogP contribution in [-0.4, -0.2) is 27.5 Å². The lowest BCUT2D eigenvalue weighted by Crippen LogP contribution is -2.15. The van der Waals surface area contributed by atoms with Crippen molar-refractivity contribution in [3.8, 4) is 0 Å². The number of benzene rings is 1. The Bertz CT molecular complexity index is 979. The molecule has 1 aromatic carbocycles. The Kier molecular flexibility index (Phi) is 4.98. The van der Waals surface area contributed by atoms with Gasteiger partial charge in [-0.1, -0.05) is 18.2 Å². The zero-order valence-corrected chi connectivity index (χ0v) is 15.7. The van der Waals surface area contributed by atoms with Gasteiger partial charge in [-0.3, -0.25) is 4.79 Å². The Hall–Kier alpha value is -2.82. The molecule has 0 aliphatic carbocycles. The molecule has 0 aliphatic heterocycles. The van der Waals surface area contributed by atoms with Gasteiger partial charge in [-0.25, -0.2) is 4.79 Å². The van der Waals surface area contributed by atoms with E-state index in [2.05, 4.69) is 4.57 Å². The number of hydrogen-bond acceptors (Lipinski definition) is 3. The van der Waals surface area contributed by atoms with E-state index in [1.807, 2.05) is 62.6 Å². The Morgan fingerprint density at radius 1 is 1.04 bits per heavy atom. The summed E-state index contributed by atoms with van der Waals surface area (Å²) < 4.78 is 9.41. The van der Waals surface area contributed by atoms with Gasteiger partial charge >= 0.3 is 5.97 Å². The van der Waals surface area contributed by atoms with Crippen LogP contribution in [0.15, 0.2) is 36.5 Å². The number of aromatic nitrogens is 2. The molecule has 3 aromatic rings. The first-order valence-electron chi connectivity index (χ1n) is 8.92. The number of carbonyl (C=O) groups is 2. The second-order valence-corrected chi connectivity index (χ2v) is 6.37. The minimum absolute atomic E-state index is 0.176. The van der Waals surface area contributed by atoms with Crippen molar-refractivity contribution in [1.82, 2.24) is 9.13 Å².